The smallest absolute Gasteiger partial charge is 0.251 e. The average molecular weight is 342 g/mol. The van der Waals surface area contributed by atoms with E-state index in [2.05, 4.69) is 20.2 Å². The lowest BCUT2D eigenvalue weighted by atomic mass is 10.0. The predicted octanol–water partition coefficient (Wildman–Crippen LogP) is 1.89. The molecule has 1 aromatic heterocycles. The van der Waals surface area contributed by atoms with Gasteiger partial charge >= 0.3 is 0 Å². The van der Waals surface area contributed by atoms with E-state index < -0.39 is 0 Å². The topological polar surface area (TPSA) is 76.6 Å². The number of aromatic nitrogens is 2. The summed E-state index contributed by atoms with van der Waals surface area (Å²) in [6.45, 7) is 1.63. The zero-order chi connectivity index (χ0) is 17.6. The summed E-state index contributed by atoms with van der Waals surface area (Å²) < 4.78 is 10.4. The second-order valence-electron chi connectivity index (χ2n) is 5.88. The van der Waals surface area contributed by atoms with Gasteiger partial charge in [-0.3, -0.25) is 4.79 Å². The Labute approximate surface area is 147 Å². The van der Waals surface area contributed by atoms with E-state index in [-0.39, 0.29) is 11.9 Å². The molecule has 3 rings (SSSR count). The largest absolute Gasteiger partial charge is 0.497 e. The summed E-state index contributed by atoms with van der Waals surface area (Å²) in [6, 6.07) is 7.11. The Bertz CT molecular complexity index is 693. The number of rotatable bonds is 5. The van der Waals surface area contributed by atoms with E-state index in [1.807, 2.05) is 0 Å². The van der Waals surface area contributed by atoms with Gasteiger partial charge in [0, 0.05) is 43.2 Å². The molecule has 0 bridgehead atoms. The number of piperidine rings is 1. The van der Waals surface area contributed by atoms with Crippen LogP contribution in [-0.4, -0.2) is 49.2 Å². The lowest BCUT2D eigenvalue weighted by Gasteiger charge is -2.32. The van der Waals surface area contributed by atoms with E-state index in [0.717, 1.165) is 31.9 Å². The summed E-state index contributed by atoms with van der Waals surface area (Å²) in [5.74, 6) is 1.82. The molecule has 0 radical (unpaired) electrons. The molecule has 25 heavy (non-hydrogen) atoms. The van der Waals surface area contributed by atoms with Gasteiger partial charge in [-0.2, -0.15) is 0 Å². The molecule has 2 heterocycles. The Morgan fingerprint density at radius 2 is 1.68 bits per heavy atom. The summed E-state index contributed by atoms with van der Waals surface area (Å²) >= 11 is 0. The number of carbonyl (C=O) groups excluding carboxylic acids is 1. The van der Waals surface area contributed by atoms with Gasteiger partial charge in [0.25, 0.3) is 5.91 Å². The Kier molecular flexibility index (Phi) is 5.33. The van der Waals surface area contributed by atoms with Crippen molar-refractivity contribution in [2.45, 2.75) is 18.9 Å². The molecule has 1 amide bonds. The summed E-state index contributed by atoms with van der Waals surface area (Å²) in [7, 11) is 3.13. The molecule has 1 aliphatic heterocycles. The van der Waals surface area contributed by atoms with Crippen LogP contribution in [0.4, 0.5) is 5.95 Å². The minimum absolute atomic E-state index is 0.119. The highest BCUT2D eigenvalue weighted by Crippen LogP contribution is 2.23. The van der Waals surface area contributed by atoms with Crippen molar-refractivity contribution in [1.29, 1.82) is 0 Å². The maximum atomic E-state index is 12.5. The van der Waals surface area contributed by atoms with Gasteiger partial charge in [-0.1, -0.05) is 0 Å². The van der Waals surface area contributed by atoms with E-state index in [9.17, 15) is 4.79 Å². The molecule has 1 aromatic carbocycles. The number of nitrogens with one attached hydrogen (secondary N) is 1. The number of amides is 1. The van der Waals surface area contributed by atoms with Gasteiger partial charge in [-0.15, -0.1) is 0 Å². The van der Waals surface area contributed by atoms with Gasteiger partial charge in [0.2, 0.25) is 5.95 Å². The number of benzene rings is 1. The molecule has 132 valence electrons. The van der Waals surface area contributed by atoms with Crippen LogP contribution in [0.3, 0.4) is 0 Å². The fourth-order valence-electron chi connectivity index (χ4n) is 2.89. The van der Waals surface area contributed by atoms with Gasteiger partial charge in [0.1, 0.15) is 11.5 Å². The van der Waals surface area contributed by atoms with Crippen LogP contribution >= 0.6 is 0 Å². The zero-order valence-electron chi connectivity index (χ0n) is 14.4. The van der Waals surface area contributed by atoms with Crippen molar-refractivity contribution in [2.75, 3.05) is 32.2 Å². The number of nitrogens with zero attached hydrogens (tertiary/aromatic N) is 3. The van der Waals surface area contributed by atoms with Crippen molar-refractivity contribution in [3.05, 3.63) is 42.2 Å². The van der Waals surface area contributed by atoms with Crippen LogP contribution in [0.5, 0.6) is 11.5 Å². The molecule has 1 N–H and O–H groups in total. The van der Waals surface area contributed by atoms with Gasteiger partial charge in [-0.05, 0) is 31.0 Å². The molecule has 1 aliphatic rings. The SMILES string of the molecule is COc1cc(OC)cc(C(=O)NC2CCN(c3ncccn3)CC2)c1. The number of hydrogen-bond donors (Lipinski definition) is 1. The normalized spacial score (nSPS) is 14.9. The molecule has 0 spiro atoms. The average Bonchev–Trinajstić information content (AvgIpc) is 2.68. The number of methoxy groups -OCH3 is 2. The molecular weight excluding hydrogens is 320 g/mol. The molecular formula is C18H22N4O3. The van der Waals surface area contributed by atoms with Crippen molar-refractivity contribution >= 4 is 11.9 Å². The quantitative estimate of drug-likeness (QED) is 0.894. The van der Waals surface area contributed by atoms with Crippen molar-refractivity contribution in [2.24, 2.45) is 0 Å². The van der Waals surface area contributed by atoms with Crippen molar-refractivity contribution in [3.63, 3.8) is 0 Å². The number of carbonyl (C=O) groups is 1. The summed E-state index contributed by atoms with van der Waals surface area (Å²) in [6.07, 6.45) is 5.19. The molecule has 7 heteroatoms. The van der Waals surface area contributed by atoms with Gasteiger partial charge in [0.15, 0.2) is 0 Å². The third kappa shape index (κ3) is 4.17. The fourth-order valence-corrected chi connectivity index (χ4v) is 2.89. The minimum Gasteiger partial charge on any atom is -0.497 e. The fraction of sp³-hybridized carbons (Fsp3) is 0.389. The van der Waals surface area contributed by atoms with Crippen LogP contribution in [0.1, 0.15) is 23.2 Å². The van der Waals surface area contributed by atoms with Gasteiger partial charge in [0.05, 0.1) is 14.2 Å². The molecule has 0 atom stereocenters. The third-order valence-electron chi connectivity index (χ3n) is 4.28. The molecule has 2 aromatic rings. The third-order valence-corrected chi connectivity index (χ3v) is 4.28. The van der Waals surface area contributed by atoms with E-state index in [1.165, 1.54) is 0 Å². The number of hydrogen-bond acceptors (Lipinski definition) is 6. The first kappa shape index (κ1) is 17.0. The first-order chi connectivity index (χ1) is 12.2. The summed E-state index contributed by atoms with van der Waals surface area (Å²) in [5, 5.41) is 3.09. The maximum absolute atomic E-state index is 12.5. The predicted molar refractivity (Wildman–Crippen MR) is 94.3 cm³/mol. The van der Waals surface area contributed by atoms with Crippen LogP contribution in [-0.2, 0) is 0 Å². The van der Waals surface area contributed by atoms with Crippen molar-refractivity contribution < 1.29 is 14.3 Å². The van der Waals surface area contributed by atoms with Crippen molar-refractivity contribution in [1.82, 2.24) is 15.3 Å². The highest BCUT2D eigenvalue weighted by Gasteiger charge is 2.22. The van der Waals surface area contributed by atoms with Crippen LogP contribution in [0.25, 0.3) is 0 Å². The van der Waals surface area contributed by atoms with Crippen LogP contribution in [0.2, 0.25) is 0 Å². The highest BCUT2D eigenvalue weighted by molar-refractivity contribution is 5.95. The Hall–Kier alpha value is -2.83. The second-order valence-corrected chi connectivity index (χ2v) is 5.88. The molecule has 0 unspecified atom stereocenters. The van der Waals surface area contributed by atoms with E-state index in [4.69, 9.17) is 9.47 Å². The lowest BCUT2D eigenvalue weighted by molar-refractivity contribution is 0.0930. The second kappa shape index (κ2) is 7.83. The first-order valence-corrected chi connectivity index (χ1v) is 8.25. The molecule has 1 fully saturated rings. The monoisotopic (exact) mass is 342 g/mol. The summed E-state index contributed by atoms with van der Waals surface area (Å²) in [4.78, 5) is 23.2. The van der Waals surface area contributed by atoms with Crippen LogP contribution in [0.15, 0.2) is 36.7 Å². The van der Waals surface area contributed by atoms with E-state index in [1.54, 1.807) is 50.9 Å². The number of ether oxygens (including phenoxy) is 2. The Morgan fingerprint density at radius 1 is 1.08 bits per heavy atom. The highest BCUT2D eigenvalue weighted by atomic mass is 16.5. The molecule has 1 saturated heterocycles. The first-order valence-electron chi connectivity index (χ1n) is 8.25. The number of anilines is 1. The van der Waals surface area contributed by atoms with Gasteiger partial charge < -0.3 is 19.7 Å². The van der Waals surface area contributed by atoms with Crippen LogP contribution < -0.4 is 19.7 Å². The maximum Gasteiger partial charge on any atom is 0.251 e. The minimum atomic E-state index is -0.119. The molecule has 7 nitrogen and oxygen atoms in total. The molecule has 0 saturated carbocycles. The van der Waals surface area contributed by atoms with Gasteiger partial charge in [-0.25, -0.2) is 9.97 Å². The molecule has 0 aliphatic carbocycles. The summed E-state index contributed by atoms with van der Waals surface area (Å²) in [5.41, 5.74) is 0.532. The van der Waals surface area contributed by atoms with Crippen molar-refractivity contribution in [3.8, 4) is 11.5 Å². The Balaban J connectivity index is 1.59. The standard InChI is InChI=1S/C18H22N4O3/c1-24-15-10-13(11-16(12-15)25-2)17(23)21-14-4-8-22(9-5-14)18-19-6-3-7-20-18/h3,6-7,10-12,14H,4-5,8-9H2,1-2H3,(H,21,23). The van der Waals surface area contributed by atoms with E-state index >= 15 is 0 Å². The Morgan fingerprint density at radius 3 is 2.24 bits per heavy atom. The lowest BCUT2D eigenvalue weighted by Crippen LogP contribution is -2.45. The van der Waals surface area contributed by atoms with Crippen LogP contribution in [0, 0.1) is 0 Å². The zero-order valence-corrected chi connectivity index (χ0v) is 14.4. The van der Waals surface area contributed by atoms with E-state index in [0.29, 0.717) is 17.1 Å².